The van der Waals surface area contributed by atoms with Crippen LogP contribution in [-0.2, 0) is 27.7 Å². The highest BCUT2D eigenvalue weighted by Crippen LogP contribution is 2.58. The van der Waals surface area contributed by atoms with Gasteiger partial charge in [-0.2, -0.15) is 4.72 Å². The molecule has 3 atom stereocenters. The van der Waals surface area contributed by atoms with Crippen LogP contribution in [0.15, 0.2) is 77.0 Å². The summed E-state index contributed by atoms with van der Waals surface area (Å²) >= 11 is 1.19. The molecular weight excluding hydrogens is 418 g/mol. The molecule has 2 aromatic carbocycles. The number of aryl methyl sites for hydroxylation is 2. The molecule has 0 amide bonds. The van der Waals surface area contributed by atoms with Gasteiger partial charge in [-0.3, -0.25) is 4.79 Å². The highest BCUT2D eigenvalue weighted by molar-refractivity contribution is 7.91. The number of aliphatic carboxylic acids is 1. The van der Waals surface area contributed by atoms with E-state index in [-0.39, 0.29) is 10.1 Å². The van der Waals surface area contributed by atoms with Crippen molar-refractivity contribution in [3.8, 4) is 0 Å². The Kier molecular flexibility index (Phi) is 5.53. The van der Waals surface area contributed by atoms with Gasteiger partial charge in [-0.1, -0.05) is 67.6 Å². The first-order valence-electron chi connectivity index (χ1n) is 9.79. The molecule has 3 aromatic rings. The van der Waals surface area contributed by atoms with Crippen LogP contribution in [0.5, 0.6) is 0 Å². The van der Waals surface area contributed by atoms with Crippen molar-refractivity contribution < 1.29 is 18.3 Å². The Hall–Kier alpha value is -2.48. The van der Waals surface area contributed by atoms with Crippen molar-refractivity contribution in [1.82, 2.24) is 4.72 Å². The summed E-state index contributed by atoms with van der Waals surface area (Å²) < 4.78 is 28.8. The van der Waals surface area contributed by atoms with Crippen molar-refractivity contribution in [2.24, 2.45) is 5.92 Å². The van der Waals surface area contributed by atoms with Gasteiger partial charge in [-0.25, -0.2) is 8.42 Å². The minimum atomic E-state index is -3.95. The highest BCUT2D eigenvalue weighted by Gasteiger charge is 2.70. The summed E-state index contributed by atoms with van der Waals surface area (Å²) in [6, 6.07) is 22.6. The van der Waals surface area contributed by atoms with Crippen LogP contribution in [0.25, 0.3) is 0 Å². The van der Waals surface area contributed by atoms with Gasteiger partial charge in [-0.05, 0) is 42.0 Å². The molecular formula is C23H23NO4S2. The lowest BCUT2D eigenvalue weighted by Gasteiger charge is -2.15. The largest absolute Gasteiger partial charge is 0.480 e. The van der Waals surface area contributed by atoms with Gasteiger partial charge in [-0.15, -0.1) is 11.3 Å². The maximum absolute atomic E-state index is 13.0. The first-order valence-corrected chi connectivity index (χ1v) is 12.1. The van der Waals surface area contributed by atoms with Crippen LogP contribution >= 0.6 is 11.3 Å². The van der Waals surface area contributed by atoms with Crippen LogP contribution in [0, 0.1) is 5.92 Å². The molecule has 2 N–H and O–H groups in total. The van der Waals surface area contributed by atoms with Gasteiger partial charge in [0.25, 0.3) is 10.0 Å². The van der Waals surface area contributed by atoms with E-state index in [9.17, 15) is 18.3 Å². The number of carboxylic acid groups (broad SMARTS) is 1. The zero-order chi connectivity index (χ0) is 21.4. The van der Waals surface area contributed by atoms with Gasteiger partial charge in [0.05, 0.1) is 0 Å². The molecule has 4 rings (SSSR count). The first kappa shape index (κ1) is 20.8. The Bertz CT molecular complexity index is 1140. The summed E-state index contributed by atoms with van der Waals surface area (Å²) in [6.45, 7) is 1.77. The molecule has 0 radical (unpaired) electrons. The molecule has 0 saturated heterocycles. The Morgan fingerprint density at radius 1 is 1.00 bits per heavy atom. The smallest absolute Gasteiger partial charge is 0.325 e. The average molecular weight is 442 g/mol. The van der Waals surface area contributed by atoms with Crippen molar-refractivity contribution >= 4 is 27.3 Å². The Balaban J connectivity index is 1.52. The van der Waals surface area contributed by atoms with Gasteiger partial charge in [0.15, 0.2) is 0 Å². The highest BCUT2D eigenvalue weighted by atomic mass is 32.2. The van der Waals surface area contributed by atoms with E-state index in [0.29, 0.717) is 0 Å². The SMILES string of the molecule is CC1C(c2ccccc2)C1(NS(=O)(=O)c1ccc(CCc2ccccc2)s1)C(=O)O. The molecule has 0 aliphatic heterocycles. The zero-order valence-electron chi connectivity index (χ0n) is 16.5. The third-order valence-electron chi connectivity index (χ3n) is 5.82. The first-order chi connectivity index (χ1) is 14.3. The molecule has 1 aromatic heterocycles. The fourth-order valence-electron chi connectivity index (χ4n) is 4.12. The maximum Gasteiger partial charge on any atom is 0.325 e. The average Bonchev–Trinajstić information content (AvgIpc) is 3.09. The van der Waals surface area contributed by atoms with E-state index in [4.69, 9.17) is 0 Å². The standard InChI is InChI=1S/C23H23NO4S2/c1-16-21(18-10-6-3-7-11-18)23(16,22(25)26)24-30(27,28)20-15-14-19(29-20)13-12-17-8-4-2-5-9-17/h2-11,14-16,21,24H,12-13H2,1H3,(H,25,26). The van der Waals surface area contributed by atoms with Crippen molar-refractivity contribution in [2.75, 3.05) is 0 Å². The summed E-state index contributed by atoms with van der Waals surface area (Å²) in [4.78, 5) is 13.1. The molecule has 1 fully saturated rings. The van der Waals surface area contributed by atoms with Crippen LogP contribution in [0.2, 0.25) is 0 Å². The van der Waals surface area contributed by atoms with E-state index < -0.39 is 27.4 Å². The quantitative estimate of drug-likeness (QED) is 0.552. The summed E-state index contributed by atoms with van der Waals surface area (Å²) in [5.41, 5.74) is 0.495. The van der Waals surface area contributed by atoms with Gasteiger partial charge < -0.3 is 5.11 Å². The Morgan fingerprint density at radius 2 is 1.63 bits per heavy atom. The minimum Gasteiger partial charge on any atom is -0.480 e. The zero-order valence-corrected chi connectivity index (χ0v) is 18.1. The molecule has 7 heteroatoms. The summed E-state index contributed by atoms with van der Waals surface area (Å²) in [6.07, 6.45) is 1.55. The second-order valence-electron chi connectivity index (χ2n) is 7.66. The molecule has 156 valence electrons. The number of thiophene rings is 1. The van der Waals surface area contributed by atoms with Crippen molar-refractivity contribution in [3.05, 3.63) is 88.8 Å². The van der Waals surface area contributed by atoms with Crippen LogP contribution in [0.4, 0.5) is 0 Å². The van der Waals surface area contributed by atoms with Crippen LogP contribution in [0.3, 0.4) is 0 Å². The molecule has 1 heterocycles. The van der Waals surface area contributed by atoms with E-state index >= 15 is 0 Å². The fourth-order valence-corrected chi connectivity index (χ4v) is 6.93. The van der Waals surface area contributed by atoms with Gasteiger partial charge in [0.2, 0.25) is 0 Å². The topological polar surface area (TPSA) is 83.5 Å². The van der Waals surface area contributed by atoms with E-state index in [0.717, 1.165) is 23.3 Å². The van der Waals surface area contributed by atoms with Gasteiger partial charge in [0, 0.05) is 10.8 Å². The number of hydrogen-bond acceptors (Lipinski definition) is 4. The number of benzene rings is 2. The number of carbonyl (C=O) groups is 1. The summed E-state index contributed by atoms with van der Waals surface area (Å²) in [5.74, 6) is -1.89. The van der Waals surface area contributed by atoms with Crippen molar-refractivity contribution in [3.63, 3.8) is 0 Å². The van der Waals surface area contributed by atoms with Crippen LogP contribution in [0.1, 0.15) is 28.8 Å². The molecule has 30 heavy (non-hydrogen) atoms. The lowest BCUT2D eigenvalue weighted by molar-refractivity contribution is -0.140. The Morgan fingerprint density at radius 3 is 2.27 bits per heavy atom. The van der Waals surface area contributed by atoms with E-state index in [1.165, 1.54) is 16.9 Å². The van der Waals surface area contributed by atoms with E-state index in [2.05, 4.69) is 4.72 Å². The normalized spacial score (nSPS) is 23.2. The lowest BCUT2D eigenvalue weighted by Crippen LogP contribution is -2.45. The predicted molar refractivity (Wildman–Crippen MR) is 117 cm³/mol. The number of carboxylic acids is 1. The second kappa shape index (κ2) is 7.98. The fraction of sp³-hybridized carbons (Fsp3) is 0.261. The van der Waals surface area contributed by atoms with Crippen molar-refractivity contribution in [2.45, 2.75) is 35.4 Å². The molecule has 5 nitrogen and oxygen atoms in total. The molecule has 3 unspecified atom stereocenters. The number of rotatable bonds is 8. The monoisotopic (exact) mass is 441 g/mol. The number of nitrogens with one attached hydrogen (secondary N) is 1. The number of sulfonamides is 1. The van der Waals surface area contributed by atoms with Crippen LogP contribution in [-0.4, -0.2) is 25.0 Å². The lowest BCUT2D eigenvalue weighted by atomic mass is 10.1. The minimum absolute atomic E-state index is 0.150. The Labute approximate surface area is 180 Å². The van der Waals surface area contributed by atoms with Gasteiger partial charge >= 0.3 is 5.97 Å². The third-order valence-corrected chi connectivity index (χ3v) is 8.94. The third kappa shape index (κ3) is 3.80. The second-order valence-corrected chi connectivity index (χ2v) is 10.7. The maximum atomic E-state index is 13.0. The summed E-state index contributed by atoms with van der Waals surface area (Å²) in [7, 11) is -3.95. The van der Waals surface area contributed by atoms with Gasteiger partial charge in [0.1, 0.15) is 9.75 Å². The van der Waals surface area contributed by atoms with E-state index in [1.807, 2.05) is 60.7 Å². The predicted octanol–water partition coefficient (Wildman–Crippen LogP) is 4.07. The number of hydrogen-bond donors (Lipinski definition) is 2. The molecule has 1 aliphatic rings. The van der Waals surface area contributed by atoms with Crippen LogP contribution < -0.4 is 4.72 Å². The van der Waals surface area contributed by atoms with Crippen molar-refractivity contribution in [1.29, 1.82) is 0 Å². The van der Waals surface area contributed by atoms with E-state index in [1.54, 1.807) is 19.1 Å². The molecule has 1 saturated carbocycles. The molecule has 0 spiro atoms. The molecule has 0 bridgehead atoms. The molecule has 1 aliphatic carbocycles. The summed E-state index contributed by atoms with van der Waals surface area (Å²) in [5, 5.41) is 9.91.